The molecule has 3 rings (SSSR count). The molecule has 1 aliphatic carbocycles. The first-order valence-corrected chi connectivity index (χ1v) is 7.24. The molecule has 2 heteroatoms. The Morgan fingerprint density at radius 3 is 2.33 bits per heavy atom. The second-order valence-corrected chi connectivity index (χ2v) is 5.87. The van der Waals surface area contributed by atoms with Crippen molar-refractivity contribution in [1.29, 1.82) is 0 Å². The van der Waals surface area contributed by atoms with Crippen molar-refractivity contribution in [3.05, 3.63) is 27.8 Å². The van der Waals surface area contributed by atoms with Gasteiger partial charge in [-0.15, -0.1) is 0 Å². The average Bonchev–Trinajstić information content (AvgIpc) is 2.90. The van der Waals surface area contributed by atoms with Gasteiger partial charge < -0.3 is 10.4 Å². The standard InChI is InChI=1S/C16H23NO/c1-10-13-5-3-4-6-14(13)11(2)16(18)15(10)12-7-8-17-9-12/h12,17-18H,3-9H2,1-2H3. The SMILES string of the molecule is Cc1c(O)c(C2CCNC2)c(C)c2c1CCCC2. The summed E-state index contributed by atoms with van der Waals surface area (Å²) in [5.74, 6) is 1.10. The van der Waals surface area contributed by atoms with Crippen molar-refractivity contribution < 1.29 is 5.11 Å². The maximum atomic E-state index is 10.6. The number of phenols is 1. The van der Waals surface area contributed by atoms with Crippen molar-refractivity contribution in [2.24, 2.45) is 0 Å². The molecule has 0 spiro atoms. The lowest BCUT2D eigenvalue weighted by atomic mass is 9.80. The Morgan fingerprint density at radius 1 is 1.06 bits per heavy atom. The second kappa shape index (κ2) is 4.58. The van der Waals surface area contributed by atoms with Gasteiger partial charge in [-0.2, -0.15) is 0 Å². The minimum Gasteiger partial charge on any atom is -0.507 e. The minimum absolute atomic E-state index is 0.510. The molecule has 0 bridgehead atoms. The summed E-state index contributed by atoms with van der Waals surface area (Å²) in [5, 5.41) is 14.0. The molecule has 1 aromatic carbocycles. The molecule has 0 amide bonds. The van der Waals surface area contributed by atoms with Crippen LogP contribution in [0.5, 0.6) is 5.75 Å². The molecule has 0 saturated carbocycles. The highest BCUT2D eigenvalue weighted by atomic mass is 16.3. The van der Waals surface area contributed by atoms with Gasteiger partial charge in [-0.05, 0) is 74.8 Å². The maximum absolute atomic E-state index is 10.6. The van der Waals surface area contributed by atoms with Crippen LogP contribution in [0.1, 0.15) is 53.0 Å². The molecule has 1 heterocycles. The van der Waals surface area contributed by atoms with E-state index >= 15 is 0 Å². The Labute approximate surface area is 109 Å². The summed E-state index contributed by atoms with van der Waals surface area (Å²) in [4.78, 5) is 0. The Kier molecular flexibility index (Phi) is 3.06. The molecule has 1 unspecified atom stereocenters. The zero-order chi connectivity index (χ0) is 12.7. The van der Waals surface area contributed by atoms with Gasteiger partial charge in [0, 0.05) is 18.0 Å². The van der Waals surface area contributed by atoms with Gasteiger partial charge in [0.05, 0.1) is 0 Å². The third kappa shape index (κ3) is 1.74. The van der Waals surface area contributed by atoms with E-state index in [-0.39, 0.29) is 0 Å². The topological polar surface area (TPSA) is 32.3 Å². The van der Waals surface area contributed by atoms with Gasteiger partial charge in [0.25, 0.3) is 0 Å². The zero-order valence-electron chi connectivity index (χ0n) is 11.5. The third-order valence-electron chi connectivity index (χ3n) is 4.86. The van der Waals surface area contributed by atoms with Gasteiger partial charge in [-0.3, -0.25) is 0 Å². The molecule has 0 aromatic heterocycles. The summed E-state index contributed by atoms with van der Waals surface area (Å²) in [7, 11) is 0. The summed E-state index contributed by atoms with van der Waals surface area (Å²) in [6, 6.07) is 0. The van der Waals surface area contributed by atoms with Gasteiger partial charge in [0.2, 0.25) is 0 Å². The van der Waals surface area contributed by atoms with Crippen LogP contribution in [0.15, 0.2) is 0 Å². The Bertz CT molecular complexity index is 473. The fraction of sp³-hybridized carbons (Fsp3) is 0.625. The van der Waals surface area contributed by atoms with E-state index in [9.17, 15) is 5.11 Å². The zero-order valence-corrected chi connectivity index (χ0v) is 11.5. The van der Waals surface area contributed by atoms with Crippen molar-refractivity contribution in [3.8, 4) is 5.75 Å². The summed E-state index contributed by atoms with van der Waals surface area (Å²) < 4.78 is 0. The Hall–Kier alpha value is -1.02. The third-order valence-corrected chi connectivity index (χ3v) is 4.86. The summed E-state index contributed by atoms with van der Waals surface area (Å²) in [6.07, 6.45) is 6.10. The number of fused-ring (bicyclic) bond motifs is 1. The number of hydrogen-bond acceptors (Lipinski definition) is 2. The number of nitrogens with one attached hydrogen (secondary N) is 1. The van der Waals surface area contributed by atoms with E-state index in [1.807, 2.05) is 0 Å². The molecule has 2 aliphatic rings. The van der Waals surface area contributed by atoms with Crippen molar-refractivity contribution in [1.82, 2.24) is 5.32 Å². The van der Waals surface area contributed by atoms with E-state index < -0.39 is 0 Å². The molecular formula is C16H23NO. The first kappa shape index (κ1) is 12.0. The lowest BCUT2D eigenvalue weighted by Crippen LogP contribution is -2.14. The molecule has 1 fully saturated rings. The molecule has 1 aliphatic heterocycles. The van der Waals surface area contributed by atoms with Crippen molar-refractivity contribution in [2.45, 2.75) is 51.9 Å². The predicted molar refractivity (Wildman–Crippen MR) is 74.5 cm³/mol. The highest BCUT2D eigenvalue weighted by Crippen LogP contribution is 2.41. The second-order valence-electron chi connectivity index (χ2n) is 5.87. The molecule has 1 atom stereocenters. The normalized spacial score (nSPS) is 23.1. The number of hydrogen-bond donors (Lipinski definition) is 2. The van der Waals surface area contributed by atoms with E-state index in [0.29, 0.717) is 11.7 Å². The smallest absolute Gasteiger partial charge is 0.122 e. The highest BCUT2D eigenvalue weighted by Gasteiger charge is 2.27. The van der Waals surface area contributed by atoms with Gasteiger partial charge in [0.15, 0.2) is 0 Å². The van der Waals surface area contributed by atoms with Gasteiger partial charge in [0.1, 0.15) is 5.75 Å². The maximum Gasteiger partial charge on any atom is 0.122 e. The summed E-state index contributed by atoms with van der Waals surface area (Å²) in [6.45, 7) is 6.42. The van der Waals surface area contributed by atoms with Crippen LogP contribution in [-0.2, 0) is 12.8 Å². The van der Waals surface area contributed by atoms with E-state index in [0.717, 1.165) is 31.5 Å². The number of aromatic hydroxyl groups is 1. The van der Waals surface area contributed by atoms with E-state index in [1.54, 1.807) is 5.56 Å². The molecule has 2 N–H and O–H groups in total. The van der Waals surface area contributed by atoms with Crippen LogP contribution in [0.3, 0.4) is 0 Å². The van der Waals surface area contributed by atoms with Gasteiger partial charge >= 0.3 is 0 Å². The van der Waals surface area contributed by atoms with E-state index in [2.05, 4.69) is 19.2 Å². The fourth-order valence-corrected chi connectivity index (χ4v) is 3.82. The number of rotatable bonds is 1. The highest BCUT2D eigenvalue weighted by molar-refractivity contribution is 5.56. The summed E-state index contributed by atoms with van der Waals surface area (Å²) >= 11 is 0. The molecule has 18 heavy (non-hydrogen) atoms. The van der Waals surface area contributed by atoms with Crippen molar-refractivity contribution in [3.63, 3.8) is 0 Å². The van der Waals surface area contributed by atoms with Crippen LogP contribution in [0.2, 0.25) is 0 Å². The number of phenolic OH excluding ortho intramolecular Hbond substituents is 1. The van der Waals surface area contributed by atoms with Crippen LogP contribution in [0.25, 0.3) is 0 Å². The fourth-order valence-electron chi connectivity index (χ4n) is 3.82. The van der Waals surface area contributed by atoms with Gasteiger partial charge in [-0.25, -0.2) is 0 Å². The molecule has 1 aromatic rings. The Balaban J connectivity index is 2.16. The van der Waals surface area contributed by atoms with Crippen molar-refractivity contribution >= 4 is 0 Å². The van der Waals surface area contributed by atoms with Crippen LogP contribution in [0.4, 0.5) is 0 Å². The van der Waals surface area contributed by atoms with E-state index in [1.165, 1.54) is 36.0 Å². The molecule has 0 radical (unpaired) electrons. The average molecular weight is 245 g/mol. The molecule has 1 saturated heterocycles. The first-order chi connectivity index (χ1) is 8.70. The lowest BCUT2D eigenvalue weighted by Gasteiger charge is -2.26. The molecule has 2 nitrogen and oxygen atoms in total. The first-order valence-electron chi connectivity index (χ1n) is 7.24. The quantitative estimate of drug-likeness (QED) is 0.797. The lowest BCUT2D eigenvalue weighted by molar-refractivity contribution is 0.454. The monoisotopic (exact) mass is 245 g/mol. The van der Waals surface area contributed by atoms with E-state index in [4.69, 9.17) is 0 Å². The number of benzene rings is 1. The van der Waals surface area contributed by atoms with Crippen molar-refractivity contribution in [2.75, 3.05) is 13.1 Å². The molecular weight excluding hydrogens is 222 g/mol. The Morgan fingerprint density at radius 2 is 1.72 bits per heavy atom. The van der Waals surface area contributed by atoms with Crippen LogP contribution >= 0.6 is 0 Å². The van der Waals surface area contributed by atoms with Crippen LogP contribution < -0.4 is 5.32 Å². The van der Waals surface area contributed by atoms with Crippen LogP contribution in [-0.4, -0.2) is 18.2 Å². The predicted octanol–water partition coefficient (Wildman–Crippen LogP) is 2.96. The minimum atomic E-state index is 0.510. The largest absolute Gasteiger partial charge is 0.507 e. The van der Waals surface area contributed by atoms with Gasteiger partial charge in [-0.1, -0.05) is 0 Å². The molecule has 98 valence electrons. The summed E-state index contributed by atoms with van der Waals surface area (Å²) in [5.41, 5.74) is 6.74. The van der Waals surface area contributed by atoms with Crippen LogP contribution in [0, 0.1) is 13.8 Å².